The first kappa shape index (κ1) is 78.5. The average molecular weight is 1300 g/mol. The lowest BCUT2D eigenvalue weighted by Crippen LogP contribution is -2.62. The number of unbranched alkanes of at least 4 members (excludes halogenated alkanes) is 9. The third-order valence-corrected chi connectivity index (χ3v) is 14.4. The minimum atomic E-state index is -2.85. The number of nitrogens with two attached hydrogens (primary N) is 3. The highest BCUT2D eigenvalue weighted by Gasteiger charge is 2.41. The molecular formula is C57H91ClN12O20. The summed E-state index contributed by atoms with van der Waals surface area (Å²) in [5, 5.41) is 82.9. The molecule has 1 saturated heterocycles. The van der Waals surface area contributed by atoms with E-state index in [1.165, 1.54) is 37.8 Å². The van der Waals surface area contributed by atoms with Gasteiger partial charge in [-0.25, -0.2) is 9.59 Å². The van der Waals surface area contributed by atoms with Gasteiger partial charge in [0, 0.05) is 0 Å². The van der Waals surface area contributed by atoms with Crippen LogP contribution in [0.5, 0.6) is 5.75 Å². The molecule has 1 aliphatic heterocycles. The zero-order chi connectivity index (χ0) is 67.5. The van der Waals surface area contributed by atoms with Gasteiger partial charge in [0.25, 0.3) is 5.91 Å². The van der Waals surface area contributed by atoms with Gasteiger partial charge in [-0.2, -0.15) is 0 Å². The molecule has 90 heavy (non-hydrogen) atoms. The Balaban J connectivity index is 2.75. The first-order valence-electron chi connectivity index (χ1n) is 29.9. The van der Waals surface area contributed by atoms with Crippen LogP contribution in [0.3, 0.4) is 0 Å². The fourth-order valence-electron chi connectivity index (χ4n) is 8.93. The lowest BCUT2D eigenvalue weighted by Gasteiger charge is -2.28. The summed E-state index contributed by atoms with van der Waals surface area (Å²) < 4.78 is 11.2. The van der Waals surface area contributed by atoms with E-state index in [4.69, 9.17) is 38.3 Å². The maximum Gasteiger partial charge on any atom is 0.335 e. The smallest absolute Gasteiger partial charge is 0.335 e. The van der Waals surface area contributed by atoms with Crippen molar-refractivity contribution >= 4 is 82.7 Å². The van der Waals surface area contributed by atoms with Gasteiger partial charge >= 0.3 is 17.9 Å². The van der Waals surface area contributed by atoms with Crippen molar-refractivity contribution in [1.29, 1.82) is 0 Å². The Morgan fingerprint density at radius 3 is 1.76 bits per heavy atom. The predicted octanol–water partition coefficient (Wildman–Crippen LogP) is -3.80. The van der Waals surface area contributed by atoms with Crippen molar-refractivity contribution in [2.24, 2.45) is 17.2 Å². The number of ether oxygens (including phenoxy) is 2. The summed E-state index contributed by atoms with van der Waals surface area (Å²) in [6.45, 7) is 2.92. The summed E-state index contributed by atoms with van der Waals surface area (Å²) in [7, 11) is 0. The standard InChI is InChI=1S/C57H91ClN12O20/c1-4-6-7-8-9-10-11-12-15-25-89-33-18-16-17-32(26-33)40(72)28-42(74)62-39-30-90-57(88)45(41(73)29-58)69-55(85)46(47(77)56(86)87)70-48(78)34(5-2)63-54(84)44(31(3)71)68-51(81)37(21-24-61)65-49(79)35(19-13-14-22-59)64-52(82)38(27-43(75)76)67-50(80)36(20-23-60)66-53(39)83/h5,16-18,26,31,35-41,44-47,71-73,77H,4,6-15,19-25,27-30,59-61H2,1-3H3,(H,62,74)(H,63,84)(H,64,82)(H,65,79)(H,66,83)(H,67,80)(H,68,81)(H,69,85)(H,70,78)(H,75,76)(H,86,87)/b34-5-/t31-,35-,36+,37-,38+,39-,40-,41?,44?,45-,46?,47-/m0/s1. The van der Waals surface area contributed by atoms with Crippen molar-refractivity contribution < 1.29 is 97.6 Å². The second-order valence-corrected chi connectivity index (χ2v) is 21.7. The van der Waals surface area contributed by atoms with E-state index in [9.17, 15) is 88.2 Å². The molecule has 0 spiro atoms. The Bertz CT molecular complexity index is 2580. The number of carbonyl (C=O) groups excluding carboxylic acids is 10. The number of cyclic esters (lactones) is 1. The Morgan fingerprint density at radius 1 is 0.667 bits per heavy atom. The average Bonchev–Trinajstić information content (AvgIpc) is 1.57. The number of carboxylic acids is 2. The molecule has 12 atom stereocenters. The van der Waals surface area contributed by atoms with Crippen LogP contribution in [-0.2, 0) is 62.3 Å². The summed E-state index contributed by atoms with van der Waals surface area (Å²) in [5.74, 6) is -17.7. The number of halogens is 1. The van der Waals surface area contributed by atoms with Crippen molar-refractivity contribution in [2.45, 2.75) is 196 Å². The number of rotatable bonds is 30. The lowest BCUT2D eigenvalue weighted by molar-refractivity contribution is -0.155. The van der Waals surface area contributed by atoms with Gasteiger partial charge < -0.3 is 105 Å². The van der Waals surface area contributed by atoms with Gasteiger partial charge in [-0.1, -0.05) is 76.5 Å². The number of allylic oxidation sites excluding steroid dienone is 1. The number of amides is 9. The van der Waals surface area contributed by atoms with Crippen LogP contribution in [0.4, 0.5) is 0 Å². The van der Waals surface area contributed by atoms with Gasteiger partial charge in [0.1, 0.15) is 60.3 Å². The van der Waals surface area contributed by atoms with Crippen molar-refractivity contribution in [2.75, 3.05) is 38.7 Å². The van der Waals surface area contributed by atoms with Crippen LogP contribution in [0, 0.1) is 0 Å². The van der Waals surface area contributed by atoms with Crippen LogP contribution in [0.15, 0.2) is 36.0 Å². The number of hydrogen-bond donors (Lipinski definition) is 18. The summed E-state index contributed by atoms with van der Waals surface area (Å²) in [6.07, 6.45) is -0.137. The highest BCUT2D eigenvalue weighted by atomic mass is 35.5. The molecule has 0 saturated carbocycles. The molecule has 3 unspecified atom stereocenters. The molecule has 1 aromatic rings. The summed E-state index contributed by atoms with van der Waals surface area (Å²) >= 11 is 5.89. The molecule has 32 nitrogen and oxygen atoms in total. The largest absolute Gasteiger partial charge is 0.494 e. The Labute approximate surface area is 526 Å². The van der Waals surface area contributed by atoms with Crippen LogP contribution in [0.1, 0.15) is 135 Å². The topological polar surface area (TPSA) is 531 Å². The maximum atomic E-state index is 14.3. The van der Waals surface area contributed by atoms with E-state index in [2.05, 4.69) is 44.1 Å². The molecule has 1 fully saturated rings. The molecule has 506 valence electrons. The second kappa shape index (κ2) is 42.4. The van der Waals surface area contributed by atoms with Crippen LogP contribution in [0.25, 0.3) is 0 Å². The number of hydrogen-bond acceptors (Lipinski definition) is 21. The molecule has 0 radical (unpaired) electrons. The monoisotopic (exact) mass is 1300 g/mol. The number of carbonyl (C=O) groups is 12. The van der Waals surface area contributed by atoms with Gasteiger partial charge in [0.05, 0.1) is 43.6 Å². The van der Waals surface area contributed by atoms with E-state index in [-0.39, 0.29) is 50.9 Å². The highest BCUT2D eigenvalue weighted by Crippen LogP contribution is 2.23. The molecule has 2 rings (SSSR count). The molecule has 9 amide bonds. The van der Waals surface area contributed by atoms with E-state index < -0.39 is 181 Å². The fourth-order valence-corrected chi connectivity index (χ4v) is 9.11. The molecule has 0 aliphatic carbocycles. The molecule has 0 aromatic heterocycles. The van der Waals surface area contributed by atoms with E-state index in [1.807, 2.05) is 10.6 Å². The molecular weight excluding hydrogens is 1210 g/mol. The quantitative estimate of drug-likeness (QED) is 0.0152. The summed E-state index contributed by atoms with van der Waals surface area (Å²) in [6, 6.07) is -9.85. The first-order valence-corrected chi connectivity index (χ1v) is 30.4. The Hall–Kier alpha value is -7.59. The number of esters is 1. The minimum Gasteiger partial charge on any atom is -0.494 e. The van der Waals surface area contributed by atoms with Crippen molar-refractivity contribution in [1.82, 2.24) is 47.9 Å². The van der Waals surface area contributed by atoms with Gasteiger partial charge in [-0.15, -0.1) is 11.6 Å². The molecule has 1 aromatic carbocycles. The lowest BCUT2D eigenvalue weighted by atomic mass is 10.0. The van der Waals surface area contributed by atoms with Crippen LogP contribution < -0.4 is 69.8 Å². The number of nitrogens with one attached hydrogen (secondary N) is 9. The van der Waals surface area contributed by atoms with Crippen molar-refractivity contribution in [3.8, 4) is 5.75 Å². The van der Waals surface area contributed by atoms with Crippen LogP contribution in [-0.4, -0.2) is 207 Å². The van der Waals surface area contributed by atoms with E-state index >= 15 is 0 Å². The van der Waals surface area contributed by atoms with Gasteiger partial charge in [0.2, 0.25) is 47.3 Å². The van der Waals surface area contributed by atoms with E-state index in [0.29, 0.717) is 12.4 Å². The van der Waals surface area contributed by atoms with Gasteiger partial charge in [-0.3, -0.25) is 47.9 Å². The zero-order valence-corrected chi connectivity index (χ0v) is 51.6. The molecule has 21 N–H and O–H groups in total. The van der Waals surface area contributed by atoms with Crippen molar-refractivity contribution in [3.63, 3.8) is 0 Å². The molecule has 0 bridgehead atoms. The van der Waals surface area contributed by atoms with Crippen LogP contribution in [0.2, 0.25) is 0 Å². The number of aliphatic hydroxyl groups is 4. The van der Waals surface area contributed by atoms with Gasteiger partial charge in [0.15, 0.2) is 12.1 Å². The summed E-state index contributed by atoms with van der Waals surface area (Å²) in [4.78, 5) is 164. The number of aliphatic hydroxyl groups excluding tert-OH is 4. The second-order valence-electron chi connectivity index (χ2n) is 21.4. The first-order chi connectivity index (χ1) is 42.8. The molecule has 1 aliphatic rings. The maximum absolute atomic E-state index is 14.3. The number of aliphatic carboxylic acids is 2. The van der Waals surface area contributed by atoms with E-state index in [0.717, 1.165) is 52.0 Å². The zero-order valence-electron chi connectivity index (χ0n) is 50.9. The fraction of sp³-hybridized carbons (Fsp3) is 0.649. The molecule has 33 heteroatoms. The van der Waals surface area contributed by atoms with Crippen molar-refractivity contribution in [3.05, 3.63) is 41.6 Å². The minimum absolute atomic E-state index is 0.114. The normalized spacial score (nSPS) is 23.5. The third kappa shape index (κ3) is 28.1. The number of alkyl halides is 1. The Kier molecular flexibility index (Phi) is 37.0. The third-order valence-electron chi connectivity index (χ3n) is 14.0. The van der Waals surface area contributed by atoms with Crippen LogP contribution >= 0.6 is 11.6 Å². The highest BCUT2D eigenvalue weighted by molar-refractivity contribution is 6.18. The predicted molar refractivity (Wildman–Crippen MR) is 322 cm³/mol. The molecule has 1 heterocycles. The summed E-state index contributed by atoms with van der Waals surface area (Å²) in [5.41, 5.74) is 16.7. The van der Waals surface area contributed by atoms with E-state index in [1.54, 1.807) is 12.1 Å². The van der Waals surface area contributed by atoms with Gasteiger partial charge in [-0.05, 0) is 89.7 Å². The SMILES string of the molecule is C/C=C1\NC(=O)C([C@H](C)O)NC(=O)[C@H](CCN)NC(=O)[C@H](CCCCN)NC(=O)[C@@H](CC(=O)O)NC(=O)[C@@H](CCN)NC(=O)[C@@H](NC(=O)C[C@H](O)c2cccc(OCCCCCCCCCCC)c2)COC(=O)[C@H](C(O)CCl)NC(=O)C([C@H](O)C(=O)O)NC1=O. The number of carboxylic acid groups (broad SMARTS) is 2. The Morgan fingerprint density at radius 2 is 1.21 bits per heavy atom. The number of benzene rings is 1.